The molecule has 2 aromatic rings. The molecule has 0 amide bonds. The van der Waals surface area contributed by atoms with Crippen LogP contribution < -0.4 is 5.73 Å². The van der Waals surface area contributed by atoms with E-state index in [1.165, 1.54) is 42.2 Å². The van der Waals surface area contributed by atoms with Gasteiger partial charge in [0, 0.05) is 18.5 Å². The quantitative estimate of drug-likeness (QED) is 0.588. The van der Waals surface area contributed by atoms with E-state index in [9.17, 15) is 8.78 Å². The standard InChI is InChI=1S/C18H18ClF2N3S/c1-11(25-18(22)23-2)7-13-8-12(3-5-15(13)20)9-16(21)17-6-4-14(19)10-24-17/h3-6,8-11H,7H2,1-2H3,(H2,22,23)/b16-9-. The maximum atomic E-state index is 14.3. The molecule has 0 radical (unpaired) electrons. The van der Waals surface area contributed by atoms with E-state index in [4.69, 9.17) is 17.3 Å². The number of thioether (sulfide) groups is 1. The molecule has 7 heteroatoms. The molecule has 25 heavy (non-hydrogen) atoms. The molecule has 132 valence electrons. The first kappa shape index (κ1) is 19.4. The summed E-state index contributed by atoms with van der Waals surface area (Å²) >= 11 is 7.11. The number of nitrogens with two attached hydrogens (primary N) is 1. The highest BCUT2D eigenvalue weighted by Crippen LogP contribution is 2.23. The van der Waals surface area contributed by atoms with Crippen molar-refractivity contribution in [1.29, 1.82) is 0 Å². The van der Waals surface area contributed by atoms with E-state index >= 15 is 0 Å². The van der Waals surface area contributed by atoms with Gasteiger partial charge in [-0.25, -0.2) is 8.78 Å². The largest absolute Gasteiger partial charge is 0.379 e. The van der Waals surface area contributed by atoms with Crippen LogP contribution in [0.4, 0.5) is 8.78 Å². The number of nitrogens with zero attached hydrogens (tertiary/aromatic N) is 2. The van der Waals surface area contributed by atoms with E-state index in [1.54, 1.807) is 19.2 Å². The Hall–Kier alpha value is -1.92. The number of aromatic nitrogens is 1. The maximum absolute atomic E-state index is 14.3. The molecule has 1 aromatic heterocycles. The minimum Gasteiger partial charge on any atom is -0.379 e. The lowest BCUT2D eigenvalue weighted by molar-refractivity contribution is 0.608. The lowest BCUT2D eigenvalue weighted by Crippen LogP contribution is -2.13. The molecule has 0 saturated carbocycles. The molecule has 1 aromatic carbocycles. The van der Waals surface area contributed by atoms with Crippen LogP contribution in [-0.2, 0) is 6.42 Å². The topological polar surface area (TPSA) is 51.3 Å². The van der Waals surface area contributed by atoms with Crippen LogP contribution >= 0.6 is 23.4 Å². The Morgan fingerprint density at radius 1 is 1.40 bits per heavy atom. The average Bonchev–Trinajstić information content (AvgIpc) is 2.58. The number of benzene rings is 1. The molecule has 0 aliphatic heterocycles. The number of halogens is 3. The molecule has 0 bridgehead atoms. The lowest BCUT2D eigenvalue weighted by Gasteiger charge is -2.11. The maximum Gasteiger partial charge on any atom is 0.153 e. The summed E-state index contributed by atoms with van der Waals surface area (Å²) in [6.07, 6.45) is 3.15. The van der Waals surface area contributed by atoms with Gasteiger partial charge < -0.3 is 5.73 Å². The number of aliphatic imine (C=N–C) groups is 1. The molecular formula is C18H18ClF2N3S. The van der Waals surface area contributed by atoms with Crippen LogP contribution in [-0.4, -0.2) is 22.4 Å². The Labute approximate surface area is 155 Å². The van der Waals surface area contributed by atoms with Gasteiger partial charge in [-0.3, -0.25) is 9.98 Å². The smallest absolute Gasteiger partial charge is 0.153 e. The summed E-state index contributed by atoms with van der Waals surface area (Å²) < 4.78 is 28.3. The highest BCUT2D eigenvalue weighted by Gasteiger charge is 2.11. The molecule has 2 rings (SSSR count). The first-order valence-corrected chi connectivity index (χ1v) is 8.81. The van der Waals surface area contributed by atoms with Crippen molar-refractivity contribution in [2.24, 2.45) is 10.7 Å². The summed E-state index contributed by atoms with van der Waals surface area (Å²) in [6, 6.07) is 7.53. The fourth-order valence-corrected chi connectivity index (χ4v) is 3.08. The predicted octanol–water partition coefficient (Wildman–Crippen LogP) is 4.95. The molecule has 0 spiro atoms. The Balaban J connectivity index is 2.20. The fourth-order valence-electron chi connectivity index (χ4n) is 2.19. The van der Waals surface area contributed by atoms with Gasteiger partial charge in [-0.2, -0.15) is 0 Å². The van der Waals surface area contributed by atoms with Crippen molar-refractivity contribution < 1.29 is 8.78 Å². The third kappa shape index (κ3) is 5.83. The third-order valence-corrected chi connectivity index (χ3v) is 4.60. The van der Waals surface area contributed by atoms with E-state index in [1.807, 2.05) is 6.92 Å². The third-order valence-electron chi connectivity index (χ3n) is 3.38. The normalized spacial score (nSPS) is 13.8. The Morgan fingerprint density at radius 2 is 2.16 bits per heavy atom. The van der Waals surface area contributed by atoms with Gasteiger partial charge in [-0.1, -0.05) is 36.4 Å². The summed E-state index contributed by atoms with van der Waals surface area (Å²) in [5.74, 6) is -0.847. The van der Waals surface area contributed by atoms with Gasteiger partial charge >= 0.3 is 0 Å². The summed E-state index contributed by atoms with van der Waals surface area (Å²) in [4.78, 5) is 7.80. The summed E-state index contributed by atoms with van der Waals surface area (Å²) in [5.41, 5.74) is 6.90. The van der Waals surface area contributed by atoms with E-state index in [-0.39, 0.29) is 16.8 Å². The minimum atomic E-state index is -0.515. The van der Waals surface area contributed by atoms with Gasteiger partial charge in [0.1, 0.15) is 11.6 Å². The van der Waals surface area contributed by atoms with Crippen LogP contribution in [0, 0.1) is 5.82 Å². The molecule has 1 heterocycles. The molecule has 2 N–H and O–H groups in total. The van der Waals surface area contributed by atoms with Gasteiger partial charge in [0.25, 0.3) is 0 Å². The second kappa shape index (κ2) is 8.97. The predicted molar refractivity (Wildman–Crippen MR) is 103 cm³/mol. The Bertz CT molecular complexity index is 791. The Morgan fingerprint density at radius 3 is 2.80 bits per heavy atom. The van der Waals surface area contributed by atoms with E-state index in [0.29, 0.717) is 27.7 Å². The van der Waals surface area contributed by atoms with Gasteiger partial charge in [-0.05, 0) is 47.9 Å². The highest BCUT2D eigenvalue weighted by molar-refractivity contribution is 8.14. The monoisotopic (exact) mass is 381 g/mol. The zero-order valence-electron chi connectivity index (χ0n) is 13.8. The highest BCUT2D eigenvalue weighted by atomic mass is 35.5. The number of rotatable bonds is 5. The van der Waals surface area contributed by atoms with Crippen LogP contribution in [0.1, 0.15) is 23.7 Å². The van der Waals surface area contributed by atoms with Crippen molar-refractivity contribution in [3.8, 4) is 0 Å². The van der Waals surface area contributed by atoms with Crippen LogP contribution in [0.15, 0.2) is 41.5 Å². The van der Waals surface area contributed by atoms with Crippen LogP contribution in [0.25, 0.3) is 11.9 Å². The lowest BCUT2D eigenvalue weighted by atomic mass is 10.0. The van der Waals surface area contributed by atoms with Crippen LogP contribution in [0.2, 0.25) is 5.02 Å². The molecule has 0 saturated heterocycles. The van der Waals surface area contributed by atoms with Crippen molar-refractivity contribution in [2.45, 2.75) is 18.6 Å². The zero-order chi connectivity index (χ0) is 18.4. The van der Waals surface area contributed by atoms with E-state index in [2.05, 4.69) is 9.98 Å². The van der Waals surface area contributed by atoms with E-state index < -0.39 is 5.83 Å². The number of hydrogen-bond donors (Lipinski definition) is 1. The van der Waals surface area contributed by atoms with Crippen molar-refractivity contribution >= 4 is 40.4 Å². The van der Waals surface area contributed by atoms with Crippen LogP contribution in [0.3, 0.4) is 0 Å². The van der Waals surface area contributed by atoms with Crippen molar-refractivity contribution in [3.05, 3.63) is 64.2 Å². The molecular weight excluding hydrogens is 364 g/mol. The molecule has 3 nitrogen and oxygen atoms in total. The van der Waals surface area contributed by atoms with Crippen molar-refractivity contribution in [2.75, 3.05) is 7.05 Å². The van der Waals surface area contributed by atoms with Crippen LogP contribution in [0.5, 0.6) is 0 Å². The molecule has 1 unspecified atom stereocenters. The van der Waals surface area contributed by atoms with Crippen molar-refractivity contribution in [3.63, 3.8) is 0 Å². The summed E-state index contributed by atoms with van der Waals surface area (Å²) in [6.45, 7) is 1.93. The first-order chi connectivity index (χ1) is 11.9. The molecule has 0 fully saturated rings. The Kier molecular flexibility index (Phi) is 6.96. The second-order valence-corrected chi connectivity index (χ2v) is 7.29. The van der Waals surface area contributed by atoms with Gasteiger partial charge in [-0.15, -0.1) is 0 Å². The number of hydrogen-bond acceptors (Lipinski definition) is 3. The molecule has 1 atom stereocenters. The zero-order valence-corrected chi connectivity index (χ0v) is 15.4. The van der Waals surface area contributed by atoms with Gasteiger partial charge in [0.05, 0.1) is 10.7 Å². The number of pyridine rings is 1. The van der Waals surface area contributed by atoms with Crippen molar-refractivity contribution in [1.82, 2.24) is 4.98 Å². The first-order valence-electron chi connectivity index (χ1n) is 7.55. The van der Waals surface area contributed by atoms with Gasteiger partial charge in [0.15, 0.2) is 5.17 Å². The SMILES string of the molecule is C/N=C(/N)SC(C)Cc1cc(/C=C(\F)c2ccc(Cl)cn2)ccc1F. The van der Waals surface area contributed by atoms with E-state index in [0.717, 1.165) is 0 Å². The minimum absolute atomic E-state index is 0.0419. The summed E-state index contributed by atoms with van der Waals surface area (Å²) in [5, 5.41) is 0.922. The average molecular weight is 382 g/mol. The molecule has 0 aliphatic carbocycles. The summed E-state index contributed by atoms with van der Waals surface area (Å²) in [7, 11) is 1.61. The second-order valence-electron chi connectivity index (χ2n) is 5.40. The van der Waals surface area contributed by atoms with Gasteiger partial charge in [0.2, 0.25) is 0 Å². The molecule has 0 aliphatic rings. The fraction of sp³-hybridized carbons (Fsp3) is 0.222. The number of amidine groups is 1.